The summed E-state index contributed by atoms with van der Waals surface area (Å²) < 4.78 is 10.1. The molecule has 0 saturated carbocycles. The number of nitro benzene ring substituents is 1. The summed E-state index contributed by atoms with van der Waals surface area (Å²) in [7, 11) is 1.38. The molecule has 124 valence electrons. The highest BCUT2D eigenvalue weighted by Gasteiger charge is 2.17. The van der Waals surface area contributed by atoms with Gasteiger partial charge in [-0.1, -0.05) is 12.1 Å². The van der Waals surface area contributed by atoms with E-state index in [1.165, 1.54) is 44.4 Å². The molecule has 1 amide bonds. The molecule has 0 aliphatic rings. The van der Waals surface area contributed by atoms with Gasteiger partial charge in [0.25, 0.3) is 11.6 Å². The van der Waals surface area contributed by atoms with E-state index in [0.29, 0.717) is 0 Å². The number of non-ortho nitro benzene ring substituents is 1. The van der Waals surface area contributed by atoms with Gasteiger partial charge >= 0.3 is 5.97 Å². The number of esters is 1. The van der Waals surface area contributed by atoms with Gasteiger partial charge in [-0.25, -0.2) is 0 Å². The Morgan fingerprint density at radius 1 is 1.12 bits per heavy atom. The van der Waals surface area contributed by atoms with Crippen LogP contribution in [0.4, 0.5) is 11.4 Å². The Balaban J connectivity index is 2.35. The van der Waals surface area contributed by atoms with E-state index in [4.69, 9.17) is 9.47 Å². The van der Waals surface area contributed by atoms with Crippen LogP contribution in [0.15, 0.2) is 42.5 Å². The summed E-state index contributed by atoms with van der Waals surface area (Å²) >= 11 is 0. The van der Waals surface area contributed by atoms with E-state index in [2.05, 4.69) is 5.32 Å². The van der Waals surface area contributed by atoms with Crippen molar-refractivity contribution in [2.75, 3.05) is 12.4 Å². The van der Waals surface area contributed by atoms with Crippen LogP contribution in [0.2, 0.25) is 0 Å². The summed E-state index contributed by atoms with van der Waals surface area (Å²) in [6.07, 6.45) is 0. The molecule has 0 aliphatic carbocycles. The minimum atomic E-state index is -0.592. The number of hydrogen-bond donors (Lipinski definition) is 1. The molecule has 0 aromatic heterocycles. The average Bonchev–Trinajstić information content (AvgIpc) is 2.54. The third-order valence-corrected chi connectivity index (χ3v) is 3.03. The van der Waals surface area contributed by atoms with Crippen molar-refractivity contribution in [3.63, 3.8) is 0 Å². The molecule has 0 fully saturated rings. The van der Waals surface area contributed by atoms with Crippen LogP contribution in [-0.2, 0) is 4.79 Å². The molecular weight excluding hydrogens is 316 g/mol. The summed E-state index contributed by atoms with van der Waals surface area (Å²) in [5, 5.41) is 13.4. The number of nitrogens with one attached hydrogen (secondary N) is 1. The molecule has 2 rings (SSSR count). The largest absolute Gasteiger partial charge is 0.495 e. The predicted molar refractivity (Wildman–Crippen MR) is 85.4 cm³/mol. The second-order valence-corrected chi connectivity index (χ2v) is 4.69. The molecule has 0 bridgehead atoms. The molecule has 8 heteroatoms. The first-order valence-electron chi connectivity index (χ1n) is 6.83. The first-order chi connectivity index (χ1) is 11.4. The molecule has 2 aromatic rings. The van der Waals surface area contributed by atoms with Crippen molar-refractivity contribution in [2.24, 2.45) is 0 Å². The Hall–Kier alpha value is -3.42. The molecule has 0 heterocycles. The maximum Gasteiger partial charge on any atom is 0.308 e. The molecule has 0 saturated heterocycles. The zero-order chi connectivity index (χ0) is 17.7. The van der Waals surface area contributed by atoms with Crippen LogP contribution >= 0.6 is 0 Å². The second-order valence-electron chi connectivity index (χ2n) is 4.69. The van der Waals surface area contributed by atoms with Gasteiger partial charge in [0.2, 0.25) is 0 Å². The van der Waals surface area contributed by atoms with Gasteiger partial charge in [0.1, 0.15) is 11.5 Å². The van der Waals surface area contributed by atoms with Gasteiger partial charge in [-0.05, 0) is 18.2 Å². The first-order valence-corrected chi connectivity index (χ1v) is 6.83. The van der Waals surface area contributed by atoms with Crippen molar-refractivity contribution in [3.05, 3.63) is 58.1 Å². The quantitative estimate of drug-likeness (QED) is 0.391. The van der Waals surface area contributed by atoms with Crippen molar-refractivity contribution < 1.29 is 24.0 Å². The van der Waals surface area contributed by atoms with Gasteiger partial charge in [-0.2, -0.15) is 0 Å². The Morgan fingerprint density at radius 3 is 2.46 bits per heavy atom. The number of carbonyl (C=O) groups excluding carboxylic acids is 2. The van der Waals surface area contributed by atoms with Crippen molar-refractivity contribution >= 4 is 23.3 Å². The third-order valence-electron chi connectivity index (χ3n) is 3.03. The van der Waals surface area contributed by atoms with E-state index >= 15 is 0 Å². The summed E-state index contributed by atoms with van der Waals surface area (Å²) in [6, 6.07) is 9.99. The van der Waals surface area contributed by atoms with Crippen LogP contribution in [0.3, 0.4) is 0 Å². The van der Waals surface area contributed by atoms with E-state index < -0.39 is 16.8 Å². The van der Waals surface area contributed by atoms with Crippen LogP contribution in [0, 0.1) is 10.1 Å². The number of anilines is 1. The summed E-state index contributed by atoms with van der Waals surface area (Å²) in [4.78, 5) is 33.9. The molecular formula is C16H14N2O6. The van der Waals surface area contributed by atoms with Crippen molar-refractivity contribution in [1.82, 2.24) is 0 Å². The highest BCUT2D eigenvalue weighted by atomic mass is 16.6. The minimum absolute atomic E-state index is 0.0897. The Labute approximate surface area is 137 Å². The summed E-state index contributed by atoms with van der Waals surface area (Å²) in [6.45, 7) is 1.22. The highest BCUT2D eigenvalue weighted by Crippen LogP contribution is 2.30. The van der Waals surface area contributed by atoms with E-state index in [-0.39, 0.29) is 28.4 Å². The lowest BCUT2D eigenvalue weighted by Crippen LogP contribution is -2.15. The lowest BCUT2D eigenvalue weighted by Gasteiger charge is -2.12. The number of nitrogens with zero attached hydrogens (tertiary/aromatic N) is 1. The van der Waals surface area contributed by atoms with Gasteiger partial charge in [0, 0.05) is 19.1 Å². The van der Waals surface area contributed by atoms with Crippen LogP contribution in [0.5, 0.6) is 11.5 Å². The number of ether oxygens (including phenoxy) is 2. The van der Waals surface area contributed by atoms with E-state index in [1.807, 2.05) is 0 Å². The average molecular weight is 330 g/mol. The number of nitro groups is 1. The highest BCUT2D eigenvalue weighted by molar-refractivity contribution is 6.07. The lowest BCUT2D eigenvalue weighted by molar-refractivity contribution is -0.384. The maximum atomic E-state index is 12.4. The maximum absolute atomic E-state index is 12.4. The van der Waals surface area contributed by atoms with E-state index in [0.717, 1.165) is 0 Å². The molecule has 2 aromatic carbocycles. The molecule has 0 unspecified atom stereocenters. The van der Waals surface area contributed by atoms with E-state index in [9.17, 15) is 19.7 Å². The number of rotatable bonds is 5. The minimum Gasteiger partial charge on any atom is -0.495 e. The Morgan fingerprint density at radius 2 is 1.83 bits per heavy atom. The fraction of sp³-hybridized carbons (Fsp3) is 0.125. The van der Waals surface area contributed by atoms with Gasteiger partial charge in [-0.15, -0.1) is 0 Å². The molecule has 1 N–H and O–H groups in total. The van der Waals surface area contributed by atoms with Gasteiger partial charge in [0.05, 0.1) is 23.3 Å². The monoisotopic (exact) mass is 330 g/mol. The number of benzene rings is 2. The molecule has 0 radical (unpaired) electrons. The van der Waals surface area contributed by atoms with Gasteiger partial charge < -0.3 is 14.8 Å². The topological polar surface area (TPSA) is 108 Å². The van der Waals surface area contributed by atoms with E-state index in [1.54, 1.807) is 12.1 Å². The number of para-hydroxylation sites is 1. The molecule has 8 nitrogen and oxygen atoms in total. The van der Waals surface area contributed by atoms with Gasteiger partial charge in [-0.3, -0.25) is 19.7 Å². The predicted octanol–water partition coefficient (Wildman–Crippen LogP) is 2.78. The molecule has 0 atom stereocenters. The lowest BCUT2D eigenvalue weighted by atomic mass is 10.1. The fourth-order valence-corrected chi connectivity index (χ4v) is 1.99. The first kappa shape index (κ1) is 16.9. The molecule has 0 spiro atoms. The third kappa shape index (κ3) is 3.86. The number of hydrogen-bond acceptors (Lipinski definition) is 6. The standard InChI is InChI=1S/C16H14N2O6/c1-10(19)24-14-6-4-3-5-12(14)16(20)17-13-9-11(18(21)22)7-8-15(13)23-2/h3-9H,1-2H3,(H,17,20). The van der Waals surface area contributed by atoms with Crippen molar-refractivity contribution in [1.29, 1.82) is 0 Å². The van der Waals surface area contributed by atoms with Crippen molar-refractivity contribution in [2.45, 2.75) is 6.92 Å². The zero-order valence-corrected chi connectivity index (χ0v) is 12.9. The zero-order valence-electron chi connectivity index (χ0n) is 12.9. The number of amides is 1. The summed E-state index contributed by atoms with van der Waals surface area (Å²) in [5.41, 5.74) is 0.0509. The van der Waals surface area contributed by atoms with Crippen LogP contribution in [-0.4, -0.2) is 23.9 Å². The fourth-order valence-electron chi connectivity index (χ4n) is 1.99. The second kappa shape index (κ2) is 7.23. The van der Waals surface area contributed by atoms with Crippen LogP contribution in [0.1, 0.15) is 17.3 Å². The molecule has 0 aliphatic heterocycles. The van der Waals surface area contributed by atoms with Crippen molar-refractivity contribution in [3.8, 4) is 11.5 Å². The smallest absolute Gasteiger partial charge is 0.308 e. The normalized spacial score (nSPS) is 9.92. The number of methoxy groups -OCH3 is 1. The molecule has 24 heavy (non-hydrogen) atoms. The number of carbonyl (C=O) groups is 2. The van der Waals surface area contributed by atoms with Crippen LogP contribution < -0.4 is 14.8 Å². The summed E-state index contributed by atoms with van der Waals surface area (Å²) in [5.74, 6) is -0.806. The Bertz CT molecular complexity index is 803. The SMILES string of the molecule is COc1ccc([N+](=O)[O-])cc1NC(=O)c1ccccc1OC(C)=O. The Kier molecular flexibility index (Phi) is 5.10. The van der Waals surface area contributed by atoms with Crippen LogP contribution in [0.25, 0.3) is 0 Å². The van der Waals surface area contributed by atoms with Gasteiger partial charge in [0.15, 0.2) is 0 Å².